The molecule has 18 heavy (non-hydrogen) atoms. The van der Waals surface area contributed by atoms with Crippen LogP contribution in [0.4, 0.5) is 0 Å². The third-order valence-electron chi connectivity index (χ3n) is 2.70. The molecular formula is C13H15NO2S2. The predicted octanol–water partition coefficient (Wildman–Crippen LogP) is 2.49. The quantitative estimate of drug-likeness (QED) is 0.776. The highest BCUT2D eigenvalue weighted by atomic mass is 32.2. The minimum absolute atomic E-state index is 0.121. The van der Waals surface area contributed by atoms with Crippen molar-refractivity contribution >= 4 is 34.2 Å². The van der Waals surface area contributed by atoms with Crippen molar-refractivity contribution in [2.45, 2.75) is 13.3 Å². The lowest BCUT2D eigenvalue weighted by molar-refractivity contribution is -0.123. The lowest BCUT2D eigenvalue weighted by Gasteiger charge is -2.14. The van der Waals surface area contributed by atoms with Crippen molar-refractivity contribution in [1.29, 1.82) is 0 Å². The molecule has 0 N–H and O–H groups in total. The first kappa shape index (κ1) is 13.4. The van der Waals surface area contributed by atoms with Gasteiger partial charge in [-0.05, 0) is 31.0 Å². The molecule has 1 aliphatic rings. The molecule has 0 bridgehead atoms. The van der Waals surface area contributed by atoms with Gasteiger partial charge in [0.2, 0.25) is 5.91 Å². The molecule has 2 rings (SSSR count). The SMILES string of the molecule is CCOc1ccc(CCN2C(=O)CSC2=S)cc1. The first-order valence-electron chi connectivity index (χ1n) is 5.89. The summed E-state index contributed by atoms with van der Waals surface area (Å²) in [5.74, 6) is 1.49. The number of rotatable bonds is 5. The zero-order chi connectivity index (χ0) is 13.0. The Balaban J connectivity index is 1.90. The fourth-order valence-electron chi connectivity index (χ4n) is 1.76. The fourth-order valence-corrected chi connectivity index (χ4v) is 2.88. The smallest absolute Gasteiger partial charge is 0.238 e. The number of nitrogens with zero attached hydrogens (tertiary/aromatic N) is 1. The Hall–Kier alpha value is -1.07. The minimum atomic E-state index is 0.121. The summed E-state index contributed by atoms with van der Waals surface area (Å²) in [6, 6.07) is 7.97. The molecule has 1 aromatic rings. The van der Waals surface area contributed by atoms with Crippen molar-refractivity contribution < 1.29 is 9.53 Å². The van der Waals surface area contributed by atoms with E-state index in [1.807, 2.05) is 31.2 Å². The molecular weight excluding hydrogens is 266 g/mol. The Morgan fingerprint density at radius 2 is 2.11 bits per heavy atom. The summed E-state index contributed by atoms with van der Waals surface area (Å²) in [5.41, 5.74) is 1.19. The van der Waals surface area contributed by atoms with Crippen LogP contribution in [0.25, 0.3) is 0 Å². The van der Waals surface area contributed by atoms with Gasteiger partial charge in [0.1, 0.15) is 10.1 Å². The Bertz CT molecular complexity index is 429. The summed E-state index contributed by atoms with van der Waals surface area (Å²) in [4.78, 5) is 13.2. The Morgan fingerprint density at radius 1 is 1.39 bits per heavy atom. The number of carbonyl (C=O) groups excluding carboxylic acids is 1. The summed E-state index contributed by atoms with van der Waals surface area (Å²) in [5, 5.41) is 0. The van der Waals surface area contributed by atoms with Gasteiger partial charge in [-0.3, -0.25) is 9.69 Å². The average Bonchev–Trinajstić information content (AvgIpc) is 2.69. The highest BCUT2D eigenvalue weighted by Gasteiger charge is 2.25. The lowest BCUT2D eigenvalue weighted by atomic mass is 10.1. The van der Waals surface area contributed by atoms with E-state index in [1.165, 1.54) is 17.3 Å². The zero-order valence-corrected chi connectivity index (χ0v) is 11.9. The molecule has 1 saturated heterocycles. The third kappa shape index (κ3) is 3.23. The van der Waals surface area contributed by atoms with Gasteiger partial charge in [0.15, 0.2) is 0 Å². The van der Waals surface area contributed by atoms with Gasteiger partial charge in [-0.1, -0.05) is 36.1 Å². The second-order valence-corrected chi connectivity index (χ2v) is 5.54. The van der Waals surface area contributed by atoms with Gasteiger partial charge in [-0.15, -0.1) is 0 Å². The topological polar surface area (TPSA) is 29.5 Å². The zero-order valence-electron chi connectivity index (χ0n) is 10.2. The van der Waals surface area contributed by atoms with Gasteiger partial charge in [-0.25, -0.2) is 0 Å². The molecule has 1 aliphatic heterocycles. The van der Waals surface area contributed by atoms with Gasteiger partial charge in [-0.2, -0.15) is 0 Å². The Kier molecular flexibility index (Phi) is 4.60. The van der Waals surface area contributed by atoms with E-state index in [2.05, 4.69) is 0 Å². The van der Waals surface area contributed by atoms with Crippen LogP contribution in [0.5, 0.6) is 5.75 Å². The third-order valence-corrected chi connectivity index (χ3v) is 4.13. The van der Waals surface area contributed by atoms with E-state index in [0.29, 0.717) is 23.2 Å². The monoisotopic (exact) mass is 281 g/mol. The van der Waals surface area contributed by atoms with Crippen LogP contribution in [0, 0.1) is 0 Å². The molecule has 1 fully saturated rings. The molecule has 96 valence electrons. The van der Waals surface area contributed by atoms with E-state index < -0.39 is 0 Å². The van der Waals surface area contributed by atoms with Crippen LogP contribution in [0.3, 0.4) is 0 Å². The van der Waals surface area contributed by atoms with Crippen LogP contribution in [0.2, 0.25) is 0 Å². The molecule has 0 unspecified atom stereocenters. The molecule has 0 radical (unpaired) electrons. The number of carbonyl (C=O) groups is 1. The summed E-state index contributed by atoms with van der Waals surface area (Å²) in [6.45, 7) is 3.30. The molecule has 0 spiro atoms. The van der Waals surface area contributed by atoms with E-state index in [4.69, 9.17) is 17.0 Å². The highest BCUT2D eigenvalue weighted by molar-refractivity contribution is 8.23. The molecule has 0 saturated carbocycles. The molecule has 1 aromatic carbocycles. The van der Waals surface area contributed by atoms with E-state index in [0.717, 1.165) is 12.2 Å². The summed E-state index contributed by atoms with van der Waals surface area (Å²) in [7, 11) is 0. The van der Waals surface area contributed by atoms with Crippen molar-refractivity contribution in [3.63, 3.8) is 0 Å². The number of benzene rings is 1. The van der Waals surface area contributed by atoms with Crippen molar-refractivity contribution in [3.05, 3.63) is 29.8 Å². The number of thiocarbonyl (C=S) groups is 1. The van der Waals surface area contributed by atoms with Crippen molar-refractivity contribution in [2.24, 2.45) is 0 Å². The van der Waals surface area contributed by atoms with E-state index >= 15 is 0 Å². The number of hydrogen-bond acceptors (Lipinski definition) is 4. The van der Waals surface area contributed by atoms with Gasteiger partial charge < -0.3 is 4.74 Å². The molecule has 0 aliphatic carbocycles. The van der Waals surface area contributed by atoms with Crippen LogP contribution >= 0.6 is 24.0 Å². The number of amides is 1. The lowest BCUT2D eigenvalue weighted by Crippen LogP contribution is -2.30. The first-order valence-corrected chi connectivity index (χ1v) is 7.29. The summed E-state index contributed by atoms with van der Waals surface area (Å²) >= 11 is 6.58. The number of hydrogen-bond donors (Lipinski definition) is 0. The average molecular weight is 281 g/mol. The van der Waals surface area contributed by atoms with Crippen molar-refractivity contribution in [2.75, 3.05) is 18.9 Å². The van der Waals surface area contributed by atoms with E-state index in [1.54, 1.807) is 4.90 Å². The largest absolute Gasteiger partial charge is 0.494 e. The van der Waals surface area contributed by atoms with Gasteiger partial charge in [0, 0.05) is 6.54 Å². The normalized spacial score (nSPS) is 15.3. The van der Waals surface area contributed by atoms with E-state index in [-0.39, 0.29) is 5.91 Å². The van der Waals surface area contributed by atoms with Crippen molar-refractivity contribution in [3.8, 4) is 5.75 Å². The molecule has 3 nitrogen and oxygen atoms in total. The van der Waals surface area contributed by atoms with E-state index in [9.17, 15) is 4.79 Å². The molecule has 0 atom stereocenters. The second kappa shape index (κ2) is 6.20. The Morgan fingerprint density at radius 3 is 2.67 bits per heavy atom. The minimum Gasteiger partial charge on any atom is -0.494 e. The fraction of sp³-hybridized carbons (Fsp3) is 0.385. The Labute approximate surface area is 116 Å². The maximum Gasteiger partial charge on any atom is 0.238 e. The highest BCUT2D eigenvalue weighted by Crippen LogP contribution is 2.20. The predicted molar refractivity (Wildman–Crippen MR) is 78.1 cm³/mol. The maximum atomic E-state index is 11.5. The molecule has 5 heteroatoms. The maximum absolute atomic E-state index is 11.5. The van der Waals surface area contributed by atoms with Gasteiger partial charge in [0.05, 0.1) is 12.4 Å². The van der Waals surface area contributed by atoms with Gasteiger partial charge in [0.25, 0.3) is 0 Å². The molecule has 0 aromatic heterocycles. The number of ether oxygens (including phenoxy) is 1. The van der Waals surface area contributed by atoms with Gasteiger partial charge >= 0.3 is 0 Å². The van der Waals surface area contributed by atoms with Crippen LogP contribution < -0.4 is 4.74 Å². The molecule has 1 heterocycles. The van der Waals surface area contributed by atoms with Crippen LogP contribution in [-0.2, 0) is 11.2 Å². The molecule has 1 amide bonds. The number of thioether (sulfide) groups is 1. The van der Waals surface area contributed by atoms with Crippen LogP contribution in [-0.4, -0.2) is 34.0 Å². The van der Waals surface area contributed by atoms with Crippen molar-refractivity contribution in [1.82, 2.24) is 4.90 Å². The second-order valence-electron chi connectivity index (χ2n) is 3.93. The standard InChI is InChI=1S/C13H15NO2S2/c1-2-16-11-5-3-10(4-6-11)7-8-14-12(15)9-18-13(14)17/h3-6H,2,7-9H2,1H3. The summed E-state index contributed by atoms with van der Waals surface area (Å²) < 4.78 is 6.08. The van der Waals surface area contributed by atoms with Crippen LogP contribution in [0.1, 0.15) is 12.5 Å². The van der Waals surface area contributed by atoms with Crippen LogP contribution in [0.15, 0.2) is 24.3 Å². The summed E-state index contributed by atoms with van der Waals surface area (Å²) in [6.07, 6.45) is 0.818. The first-order chi connectivity index (χ1) is 8.70.